The van der Waals surface area contributed by atoms with Crippen LogP contribution in [0.3, 0.4) is 0 Å². The fourth-order valence-corrected chi connectivity index (χ4v) is 3.78. The fraction of sp³-hybridized carbons (Fsp3) is 0.867. The van der Waals surface area contributed by atoms with E-state index in [-0.39, 0.29) is 18.0 Å². The van der Waals surface area contributed by atoms with Gasteiger partial charge in [0, 0.05) is 25.6 Å². The second-order valence-corrected chi connectivity index (χ2v) is 6.38. The topological polar surface area (TPSA) is 52.7 Å². The lowest BCUT2D eigenvalue weighted by Gasteiger charge is -2.37. The summed E-state index contributed by atoms with van der Waals surface area (Å²) in [4.78, 5) is 27.6. The molecular formula is C15H24F3N3O2. The summed E-state index contributed by atoms with van der Waals surface area (Å²) in [5, 5.41) is 1.96. The summed E-state index contributed by atoms with van der Waals surface area (Å²) in [5.41, 5.74) is 0. The molecule has 0 saturated carbocycles. The van der Waals surface area contributed by atoms with Crippen LogP contribution in [-0.2, 0) is 9.59 Å². The van der Waals surface area contributed by atoms with Gasteiger partial charge in [0.25, 0.3) is 0 Å². The van der Waals surface area contributed by atoms with Gasteiger partial charge >= 0.3 is 6.18 Å². The standard InChI is InChI=1S/C15H24F3N3O2/c1-10(14(23)19-9-15(16,17)18)20-7-3-5-12(20)13-6-4-8-21(13)11(2)22/h10,12-13H,3-9H2,1-2H3,(H,19,23)/t10-,12-,13+/m0/s1. The molecule has 0 unspecified atom stereocenters. The number of carbonyl (C=O) groups excluding carboxylic acids is 2. The average molecular weight is 335 g/mol. The summed E-state index contributed by atoms with van der Waals surface area (Å²) in [7, 11) is 0. The number of alkyl halides is 3. The molecule has 0 bridgehead atoms. The highest BCUT2D eigenvalue weighted by Gasteiger charge is 2.42. The Kier molecular flexibility index (Phi) is 5.54. The van der Waals surface area contributed by atoms with E-state index in [1.54, 1.807) is 6.92 Å². The van der Waals surface area contributed by atoms with Crippen molar-refractivity contribution in [3.05, 3.63) is 0 Å². The van der Waals surface area contributed by atoms with Crippen LogP contribution in [0.15, 0.2) is 0 Å². The molecule has 132 valence electrons. The monoisotopic (exact) mass is 335 g/mol. The molecule has 23 heavy (non-hydrogen) atoms. The number of hydrogen-bond donors (Lipinski definition) is 1. The zero-order valence-corrected chi connectivity index (χ0v) is 13.5. The molecule has 2 heterocycles. The van der Waals surface area contributed by atoms with Crippen molar-refractivity contribution in [1.82, 2.24) is 15.1 Å². The van der Waals surface area contributed by atoms with Gasteiger partial charge in [-0.15, -0.1) is 0 Å². The number of carbonyl (C=O) groups is 2. The number of halogens is 3. The van der Waals surface area contributed by atoms with Crippen LogP contribution in [0.5, 0.6) is 0 Å². The number of amides is 2. The van der Waals surface area contributed by atoms with Crippen molar-refractivity contribution in [1.29, 1.82) is 0 Å². The maximum atomic E-state index is 12.2. The van der Waals surface area contributed by atoms with Gasteiger partial charge in [0.05, 0.1) is 6.04 Å². The minimum absolute atomic E-state index is 0.0218. The molecule has 5 nitrogen and oxygen atoms in total. The summed E-state index contributed by atoms with van der Waals surface area (Å²) < 4.78 is 36.7. The lowest BCUT2D eigenvalue weighted by atomic mass is 10.0. The van der Waals surface area contributed by atoms with Crippen molar-refractivity contribution in [2.24, 2.45) is 0 Å². The lowest BCUT2D eigenvalue weighted by molar-refractivity contribution is -0.142. The fourth-order valence-electron chi connectivity index (χ4n) is 3.78. The number of likely N-dealkylation sites (tertiary alicyclic amines) is 2. The van der Waals surface area contributed by atoms with Crippen molar-refractivity contribution >= 4 is 11.8 Å². The molecule has 3 atom stereocenters. The molecule has 0 aromatic rings. The van der Waals surface area contributed by atoms with Gasteiger partial charge in [0.15, 0.2) is 0 Å². The summed E-state index contributed by atoms with van der Waals surface area (Å²) in [6.07, 6.45) is -0.827. The summed E-state index contributed by atoms with van der Waals surface area (Å²) >= 11 is 0. The van der Waals surface area contributed by atoms with E-state index in [1.165, 1.54) is 6.92 Å². The van der Waals surface area contributed by atoms with Crippen molar-refractivity contribution < 1.29 is 22.8 Å². The first-order valence-electron chi connectivity index (χ1n) is 8.08. The van der Waals surface area contributed by atoms with E-state index in [0.29, 0.717) is 6.54 Å². The van der Waals surface area contributed by atoms with Gasteiger partial charge in [0.2, 0.25) is 11.8 Å². The number of rotatable bonds is 4. The Hall–Kier alpha value is -1.31. The van der Waals surface area contributed by atoms with E-state index in [9.17, 15) is 22.8 Å². The normalized spacial score (nSPS) is 27.3. The maximum Gasteiger partial charge on any atom is 0.405 e. The molecule has 8 heteroatoms. The van der Waals surface area contributed by atoms with Crippen molar-refractivity contribution in [3.63, 3.8) is 0 Å². The first-order valence-corrected chi connectivity index (χ1v) is 8.08. The van der Waals surface area contributed by atoms with Crippen LogP contribution in [-0.4, -0.2) is 65.6 Å². The van der Waals surface area contributed by atoms with E-state index in [1.807, 2.05) is 15.1 Å². The van der Waals surface area contributed by atoms with E-state index in [2.05, 4.69) is 0 Å². The number of hydrogen-bond acceptors (Lipinski definition) is 3. The first kappa shape index (κ1) is 18.0. The highest BCUT2D eigenvalue weighted by atomic mass is 19.4. The van der Waals surface area contributed by atoms with Crippen LogP contribution in [0.4, 0.5) is 13.2 Å². The second-order valence-electron chi connectivity index (χ2n) is 6.38. The van der Waals surface area contributed by atoms with E-state index in [4.69, 9.17) is 0 Å². The van der Waals surface area contributed by atoms with Crippen LogP contribution >= 0.6 is 0 Å². The maximum absolute atomic E-state index is 12.2. The molecule has 2 aliphatic heterocycles. The molecule has 0 radical (unpaired) electrons. The highest BCUT2D eigenvalue weighted by molar-refractivity contribution is 5.81. The largest absolute Gasteiger partial charge is 0.405 e. The Morgan fingerprint density at radius 2 is 1.78 bits per heavy atom. The van der Waals surface area contributed by atoms with Crippen LogP contribution in [0.1, 0.15) is 39.5 Å². The smallest absolute Gasteiger partial charge is 0.346 e. The van der Waals surface area contributed by atoms with Gasteiger partial charge < -0.3 is 10.2 Å². The molecule has 0 aliphatic carbocycles. The molecule has 0 aromatic heterocycles. The van der Waals surface area contributed by atoms with Crippen LogP contribution in [0, 0.1) is 0 Å². The lowest BCUT2D eigenvalue weighted by Crippen LogP contribution is -2.54. The molecule has 2 fully saturated rings. The van der Waals surface area contributed by atoms with Gasteiger partial charge in [-0.05, 0) is 39.2 Å². The quantitative estimate of drug-likeness (QED) is 0.848. The molecular weight excluding hydrogens is 311 g/mol. The summed E-state index contributed by atoms with van der Waals surface area (Å²) in [6.45, 7) is 3.26. The van der Waals surface area contributed by atoms with E-state index < -0.39 is 24.7 Å². The number of nitrogens with one attached hydrogen (secondary N) is 1. The molecule has 0 aromatic carbocycles. The van der Waals surface area contributed by atoms with Crippen molar-refractivity contribution in [2.45, 2.75) is 63.8 Å². The third-order valence-electron chi connectivity index (χ3n) is 4.83. The van der Waals surface area contributed by atoms with Gasteiger partial charge in [-0.25, -0.2) is 0 Å². The van der Waals surface area contributed by atoms with Crippen LogP contribution in [0.2, 0.25) is 0 Å². The zero-order chi connectivity index (χ0) is 17.2. The summed E-state index contributed by atoms with van der Waals surface area (Å²) in [5.74, 6) is -0.588. The Morgan fingerprint density at radius 1 is 1.17 bits per heavy atom. The Labute approximate surface area is 134 Å². The first-order chi connectivity index (χ1) is 10.7. The Balaban J connectivity index is 2.00. The predicted octanol–water partition coefficient (Wildman–Crippen LogP) is 1.53. The SMILES string of the molecule is CC(=O)N1CCC[C@@H]1[C@@H]1CCCN1[C@@H](C)C(=O)NCC(F)(F)F. The predicted molar refractivity (Wildman–Crippen MR) is 78.7 cm³/mol. The van der Waals surface area contributed by atoms with Crippen LogP contribution < -0.4 is 5.32 Å². The molecule has 1 N–H and O–H groups in total. The zero-order valence-electron chi connectivity index (χ0n) is 13.5. The third kappa shape index (κ3) is 4.37. The van der Waals surface area contributed by atoms with Crippen molar-refractivity contribution in [3.8, 4) is 0 Å². The molecule has 2 saturated heterocycles. The molecule has 0 spiro atoms. The van der Waals surface area contributed by atoms with Crippen molar-refractivity contribution in [2.75, 3.05) is 19.6 Å². The van der Waals surface area contributed by atoms with E-state index >= 15 is 0 Å². The highest BCUT2D eigenvalue weighted by Crippen LogP contribution is 2.31. The molecule has 2 aliphatic rings. The Bertz CT molecular complexity index is 456. The second kappa shape index (κ2) is 7.07. The minimum atomic E-state index is -4.41. The molecule has 2 amide bonds. The minimum Gasteiger partial charge on any atom is -0.346 e. The summed E-state index contributed by atoms with van der Waals surface area (Å²) in [6, 6.07) is -0.514. The third-order valence-corrected chi connectivity index (χ3v) is 4.83. The molecule has 2 rings (SSSR count). The van der Waals surface area contributed by atoms with E-state index in [0.717, 1.165) is 32.2 Å². The van der Waals surface area contributed by atoms with Gasteiger partial charge in [-0.1, -0.05) is 0 Å². The van der Waals surface area contributed by atoms with Gasteiger partial charge in [-0.3, -0.25) is 14.5 Å². The Morgan fingerprint density at radius 3 is 2.39 bits per heavy atom. The average Bonchev–Trinajstić information content (AvgIpc) is 3.10. The van der Waals surface area contributed by atoms with Gasteiger partial charge in [-0.2, -0.15) is 13.2 Å². The van der Waals surface area contributed by atoms with Crippen LogP contribution in [0.25, 0.3) is 0 Å². The van der Waals surface area contributed by atoms with Gasteiger partial charge in [0.1, 0.15) is 6.54 Å². The number of nitrogens with zero attached hydrogens (tertiary/aromatic N) is 2.